The van der Waals surface area contributed by atoms with Gasteiger partial charge in [0.15, 0.2) is 16.7 Å². The van der Waals surface area contributed by atoms with Crippen LogP contribution in [0.5, 0.6) is 11.5 Å². The zero-order valence-electron chi connectivity index (χ0n) is 16.2. The van der Waals surface area contributed by atoms with Crippen molar-refractivity contribution < 1.29 is 23.0 Å². The molecule has 0 unspecified atom stereocenters. The number of thioether (sulfide) groups is 1. The molecule has 2 aromatic rings. The summed E-state index contributed by atoms with van der Waals surface area (Å²) in [5.74, 6) is 0.285. The highest BCUT2D eigenvalue weighted by Gasteiger charge is 2.12. The molecule has 0 saturated heterocycles. The number of alkyl halides is 2. The van der Waals surface area contributed by atoms with Crippen molar-refractivity contribution in [2.45, 2.75) is 39.0 Å². The lowest BCUT2D eigenvalue weighted by atomic mass is 10.1. The van der Waals surface area contributed by atoms with Crippen LogP contribution >= 0.6 is 11.8 Å². The lowest BCUT2D eigenvalue weighted by Crippen LogP contribution is -2.27. The van der Waals surface area contributed by atoms with Gasteiger partial charge in [-0.25, -0.2) is 9.97 Å². The molecule has 28 heavy (non-hydrogen) atoms. The molecule has 1 N–H and O–H groups in total. The number of ether oxygens (including phenoxy) is 2. The standard InChI is InChI=1S/C19H23F2N3O3S/c1-11-12(2)23-19(24-13(11)3)28-10-17(25)22-8-7-14-5-6-15(27-18(20)21)16(9-14)26-4/h5-6,9,18H,7-8,10H2,1-4H3,(H,22,25). The monoisotopic (exact) mass is 411 g/mol. The lowest BCUT2D eigenvalue weighted by molar-refractivity contribution is -0.118. The summed E-state index contributed by atoms with van der Waals surface area (Å²) < 4.78 is 34.2. The predicted molar refractivity (Wildman–Crippen MR) is 103 cm³/mol. The van der Waals surface area contributed by atoms with E-state index in [2.05, 4.69) is 20.0 Å². The Kier molecular flexibility index (Phi) is 7.98. The van der Waals surface area contributed by atoms with Crippen molar-refractivity contribution in [1.82, 2.24) is 15.3 Å². The number of hydrogen-bond acceptors (Lipinski definition) is 6. The highest BCUT2D eigenvalue weighted by Crippen LogP contribution is 2.29. The number of aryl methyl sites for hydroxylation is 2. The molecule has 2 rings (SSSR count). The van der Waals surface area contributed by atoms with Crippen LogP contribution in [-0.4, -0.2) is 41.9 Å². The zero-order chi connectivity index (χ0) is 20.7. The second-order valence-corrected chi connectivity index (χ2v) is 7.00. The Morgan fingerprint density at radius 2 is 1.86 bits per heavy atom. The molecule has 1 aromatic carbocycles. The van der Waals surface area contributed by atoms with Gasteiger partial charge in [-0.3, -0.25) is 4.79 Å². The van der Waals surface area contributed by atoms with Crippen LogP contribution in [0.15, 0.2) is 23.4 Å². The number of nitrogens with one attached hydrogen (secondary N) is 1. The van der Waals surface area contributed by atoms with Gasteiger partial charge >= 0.3 is 6.61 Å². The summed E-state index contributed by atoms with van der Waals surface area (Å²) in [6, 6.07) is 4.70. The first-order valence-corrected chi connectivity index (χ1v) is 9.61. The number of carbonyl (C=O) groups is 1. The zero-order valence-corrected chi connectivity index (χ0v) is 17.0. The van der Waals surface area contributed by atoms with E-state index >= 15 is 0 Å². The van der Waals surface area contributed by atoms with Crippen molar-refractivity contribution in [3.8, 4) is 11.5 Å². The Hall–Kier alpha value is -2.42. The molecule has 152 valence electrons. The topological polar surface area (TPSA) is 73.3 Å². The Bertz CT molecular complexity index is 811. The van der Waals surface area contributed by atoms with Crippen molar-refractivity contribution in [2.24, 2.45) is 0 Å². The molecule has 1 heterocycles. The van der Waals surface area contributed by atoms with Crippen molar-refractivity contribution in [3.05, 3.63) is 40.7 Å². The molecule has 0 fully saturated rings. The quantitative estimate of drug-likeness (QED) is 0.503. The van der Waals surface area contributed by atoms with Crippen LogP contribution in [0, 0.1) is 20.8 Å². The molecule has 0 aliphatic carbocycles. The number of amides is 1. The number of methoxy groups -OCH3 is 1. The van der Waals surface area contributed by atoms with Crippen LogP contribution < -0.4 is 14.8 Å². The van der Waals surface area contributed by atoms with Gasteiger partial charge in [-0.2, -0.15) is 8.78 Å². The maximum absolute atomic E-state index is 12.4. The van der Waals surface area contributed by atoms with Gasteiger partial charge in [-0.15, -0.1) is 0 Å². The molecule has 9 heteroatoms. The summed E-state index contributed by atoms with van der Waals surface area (Å²) in [6.45, 7) is 3.29. The Balaban J connectivity index is 1.82. The first-order valence-electron chi connectivity index (χ1n) is 8.63. The summed E-state index contributed by atoms with van der Waals surface area (Å²) in [4.78, 5) is 20.8. The average Bonchev–Trinajstić information content (AvgIpc) is 2.65. The average molecular weight is 411 g/mol. The minimum atomic E-state index is -2.92. The summed E-state index contributed by atoms with van der Waals surface area (Å²) in [6.07, 6.45) is 0.529. The Labute approximate surface area is 167 Å². The fraction of sp³-hybridized carbons (Fsp3) is 0.421. The van der Waals surface area contributed by atoms with Crippen molar-refractivity contribution >= 4 is 17.7 Å². The lowest BCUT2D eigenvalue weighted by Gasteiger charge is -2.11. The van der Waals surface area contributed by atoms with Gasteiger partial charge in [-0.05, 0) is 50.5 Å². The number of nitrogens with zero attached hydrogens (tertiary/aromatic N) is 2. The summed E-state index contributed by atoms with van der Waals surface area (Å²) >= 11 is 1.28. The largest absolute Gasteiger partial charge is 0.493 e. The number of hydrogen-bond donors (Lipinski definition) is 1. The summed E-state index contributed by atoms with van der Waals surface area (Å²) in [5, 5.41) is 3.40. The van der Waals surface area contributed by atoms with Gasteiger partial charge in [-0.1, -0.05) is 17.8 Å². The van der Waals surface area contributed by atoms with E-state index in [-0.39, 0.29) is 23.2 Å². The molecule has 1 amide bonds. The van der Waals surface area contributed by atoms with Gasteiger partial charge in [0.25, 0.3) is 0 Å². The third-order valence-electron chi connectivity index (χ3n) is 4.12. The van der Waals surface area contributed by atoms with Gasteiger partial charge < -0.3 is 14.8 Å². The van der Waals surface area contributed by atoms with E-state index in [1.807, 2.05) is 20.8 Å². The maximum atomic E-state index is 12.4. The molecule has 0 spiro atoms. The fourth-order valence-electron chi connectivity index (χ4n) is 2.39. The number of carbonyl (C=O) groups excluding carboxylic acids is 1. The smallest absolute Gasteiger partial charge is 0.387 e. The normalized spacial score (nSPS) is 10.8. The van der Waals surface area contributed by atoms with E-state index in [9.17, 15) is 13.6 Å². The molecule has 0 aliphatic rings. The van der Waals surface area contributed by atoms with Crippen molar-refractivity contribution in [3.63, 3.8) is 0 Å². The van der Waals surface area contributed by atoms with Crippen molar-refractivity contribution in [1.29, 1.82) is 0 Å². The number of aromatic nitrogens is 2. The molecule has 1 aromatic heterocycles. The van der Waals surface area contributed by atoms with Crippen LogP contribution in [0.3, 0.4) is 0 Å². The predicted octanol–water partition coefficient (Wildman–Crippen LogP) is 3.46. The van der Waals surface area contributed by atoms with Crippen LogP contribution in [0.25, 0.3) is 0 Å². The van der Waals surface area contributed by atoms with Gasteiger partial charge in [0.05, 0.1) is 12.9 Å². The SMILES string of the molecule is COc1cc(CCNC(=O)CSc2nc(C)c(C)c(C)n2)ccc1OC(F)F. The summed E-state index contributed by atoms with van der Waals surface area (Å²) in [5.41, 5.74) is 3.70. The molecule has 0 aliphatic heterocycles. The van der Waals surface area contributed by atoms with Gasteiger partial charge in [0.1, 0.15) is 0 Å². The molecular weight excluding hydrogens is 388 g/mol. The second kappa shape index (κ2) is 10.2. The van der Waals surface area contributed by atoms with Crippen LogP contribution in [-0.2, 0) is 11.2 Å². The Morgan fingerprint density at radius 1 is 1.18 bits per heavy atom. The molecule has 0 saturated carbocycles. The fourth-order valence-corrected chi connectivity index (χ4v) is 3.16. The van der Waals surface area contributed by atoms with Crippen LogP contribution in [0.2, 0.25) is 0 Å². The third kappa shape index (κ3) is 6.33. The Morgan fingerprint density at radius 3 is 2.46 bits per heavy atom. The number of rotatable bonds is 9. The van der Waals surface area contributed by atoms with Gasteiger partial charge in [0.2, 0.25) is 5.91 Å². The van der Waals surface area contributed by atoms with E-state index in [0.717, 1.165) is 22.5 Å². The summed E-state index contributed by atoms with van der Waals surface area (Å²) in [7, 11) is 1.38. The third-order valence-corrected chi connectivity index (χ3v) is 4.97. The van der Waals surface area contributed by atoms with E-state index in [0.29, 0.717) is 18.1 Å². The maximum Gasteiger partial charge on any atom is 0.387 e. The highest BCUT2D eigenvalue weighted by molar-refractivity contribution is 7.99. The van der Waals surface area contributed by atoms with Crippen LogP contribution in [0.1, 0.15) is 22.5 Å². The van der Waals surface area contributed by atoms with E-state index in [4.69, 9.17) is 4.74 Å². The van der Waals surface area contributed by atoms with Crippen molar-refractivity contribution in [2.75, 3.05) is 19.4 Å². The molecule has 0 bridgehead atoms. The molecule has 0 atom stereocenters. The van der Waals surface area contributed by atoms with E-state index in [1.165, 1.54) is 24.9 Å². The molecule has 0 radical (unpaired) electrons. The minimum Gasteiger partial charge on any atom is -0.493 e. The van der Waals surface area contributed by atoms with E-state index < -0.39 is 6.61 Å². The van der Waals surface area contributed by atoms with E-state index in [1.54, 1.807) is 12.1 Å². The van der Waals surface area contributed by atoms with Crippen LogP contribution in [0.4, 0.5) is 8.78 Å². The highest BCUT2D eigenvalue weighted by atomic mass is 32.2. The first-order chi connectivity index (χ1) is 13.3. The number of halogens is 2. The minimum absolute atomic E-state index is 0.0228. The molecule has 6 nitrogen and oxygen atoms in total. The number of benzene rings is 1. The molecular formula is C19H23F2N3O3S. The first kappa shape index (κ1) is 21.9. The second-order valence-electron chi connectivity index (χ2n) is 6.05. The van der Waals surface area contributed by atoms with Gasteiger partial charge in [0, 0.05) is 17.9 Å².